The van der Waals surface area contributed by atoms with Crippen molar-refractivity contribution >= 4 is 33.7 Å². The lowest BCUT2D eigenvalue weighted by molar-refractivity contribution is 0.122. The van der Waals surface area contributed by atoms with Gasteiger partial charge in [-0.2, -0.15) is 0 Å². The van der Waals surface area contributed by atoms with Crippen LogP contribution in [-0.2, 0) is 4.74 Å². The second-order valence-corrected chi connectivity index (χ2v) is 6.25. The van der Waals surface area contributed by atoms with Crippen LogP contribution < -0.4 is 4.90 Å². The van der Waals surface area contributed by atoms with E-state index in [2.05, 4.69) is 15.1 Å². The van der Waals surface area contributed by atoms with Crippen molar-refractivity contribution in [3.05, 3.63) is 47.5 Å². The van der Waals surface area contributed by atoms with E-state index < -0.39 is 0 Å². The second-order valence-electron chi connectivity index (χ2n) is 6.25. The van der Waals surface area contributed by atoms with Crippen LogP contribution in [0.15, 0.2) is 52.2 Å². The molecule has 5 rings (SSSR count). The monoisotopic (exact) mass is 361 g/mol. The molecule has 3 aromatic heterocycles. The van der Waals surface area contributed by atoms with Crippen LogP contribution in [0.4, 0.5) is 11.5 Å². The van der Waals surface area contributed by atoms with E-state index >= 15 is 0 Å². The third kappa shape index (κ3) is 2.70. The predicted octanol–water partition coefficient (Wildman–Crippen LogP) is 3.67. The van der Waals surface area contributed by atoms with Crippen LogP contribution >= 0.6 is 0 Å². The molecule has 0 unspecified atom stereocenters. The lowest BCUT2D eigenvalue weighted by Crippen LogP contribution is -2.37. The van der Waals surface area contributed by atoms with Crippen molar-refractivity contribution in [2.45, 2.75) is 0 Å². The van der Waals surface area contributed by atoms with E-state index in [-0.39, 0.29) is 0 Å². The number of hydrogen-bond acceptors (Lipinski definition) is 8. The molecular formula is C19H15N5O3. The van der Waals surface area contributed by atoms with Crippen LogP contribution in [0.25, 0.3) is 33.6 Å². The average Bonchev–Trinajstić information content (AvgIpc) is 3.12. The molecule has 4 heterocycles. The first-order chi connectivity index (χ1) is 13.3. The third-order valence-electron chi connectivity index (χ3n) is 4.59. The molecule has 1 aromatic carbocycles. The quantitative estimate of drug-likeness (QED) is 0.514. The van der Waals surface area contributed by atoms with E-state index in [4.69, 9.17) is 19.1 Å². The molecule has 0 amide bonds. The molecule has 1 aliphatic heterocycles. The summed E-state index contributed by atoms with van der Waals surface area (Å²) in [6.07, 6.45) is 1.69. The van der Waals surface area contributed by atoms with Crippen LogP contribution in [-0.4, -0.2) is 41.3 Å². The Balaban J connectivity index is 1.78. The molecule has 0 bridgehead atoms. The Morgan fingerprint density at radius 3 is 2.81 bits per heavy atom. The van der Waals surface area contributed by atoms with Gasteiger partial charge in [-0.1, -0.05) is 12.1 Å². The lowest BCUT2D eigenvalue weighted by atomic mass is 10.2. The predicted molar refractivity (Wildman–Crippen MR) is 101 cm³/mol. The second kappa shape index (κ2) is 6.40. The molecule has 1 fully saturated rings. The number of rotatable bonds is 3. The van der Waals surface area contributed by atoms with Crippen LogP contribution in [0, 0.1) is 4.91 Å². The van der Waals surface area contributed by atoms with Crippen LogP contribution in [0.2, 0.25) is 0 Å². The molecular weight excluding hydrogens is 346 g/mol. The molecule has 134 valence electrons. The number of furan rings is 1. The van der Waals surface area contributed by atoms with Crippen LogP contribution in [0.1, 0.15) is 0 Å². The topological polar surface area (TPSA) is 93.7 Å². The SMILES string of the molecule is O=Nc1cccc(-c2nc(N3CCOCC3)c3oc4ncccc4c3n2)c1. The van der Waals surface area contributed by atoms with E-state index in [9.17, 15) is 4.91 Å². The first kappa shape index (κ1) is 15.8. The van der Waals surface area contributed by atoms with Gasteiger partial charge >= 0.3 is 0 Å². The fourth-order valence-corrected chi connectivity index (χ4v) is 3.28. The number of fused-ring (bicyclic) bond motifs is 3. The van der Waals surface area contributed by atoms with Gasteiger partial charge in [-0.05, 0) is 29.4 Å². The zero-order valence-electron chi connectivity index (χ0n) is 14.3. The van der Waals surface area contributed by atoms with Gasteiger partial charge in [-0.25, -0.2) is 15.0 Å². The van der Waals surface area contributed by atoms with Crippen molar-refractivity contribution in [1.82, 2.24) is 15.0 Å². The lowest BCUT2D eigenvalue weighted by Gasteiger charge is -2.27. The summed E-state index contributed by atoms with van der Waals surface area (Å²) < 4.78 is 11.4. The van der Waals surface area contributed by atoms with Gasteiger partial charge in [-0.3, -0.25) is 0 Å². The minimum atomic E-state index is 0.336. The Labute approximate surface area is 153 Å². The highest BCUT2D eigenvalue weighted by Crippen LogP contribution is 2.34. The highest BCUT2D eigenvalue weighted by Gasteiger charge is 2.22. The smallest absolute Gasteiger partial charge is 0.229 e. The molecule has 8 heteroatoms. The maximum Gasteiger partial charge on any atom is 0.229 e. The average molecular weight is 361 g/mol. The maximum atomic E-state index is 10.9. The zero-order valence-corrected chi connectivity index (χ0v) is 14.3. The van der Waals surface area contributed by atoms with Gasteiger partial charge in [0.25, 0.3) is 0 Å². The summed E-state index contributed by atoms with van der Waals surface area (Å²) in [6, 6.07) is 10.7. The number of aromatic nitrogens is 3. The summed E-state index contributed by atoms with van der Waals surface area (Å²) in [5.74, 6) is 1.22. The van der Waals surface area contributed by atoms with E-state index in [1.807, 2.05) is 18.2 Å². The van der Waals surface area contributed by atoms with Gasteiger partial charge in [0.15, 0.2) is 17.2 Å². The summed E-state index contributed by atoms with van der Waals surface area (Å²) in [4.78, 5) is 26.8. The summed E-state index contributed by atoms with van der Waals surface area (Å²) in [7, 11) is 0. The molecule has 27 heavy (non-hydrogen) atoms. The van der Waals surface area contributed by atoms with E-state index in [0.717, 1.165) is 10.9 Å². The molecule has 0 saturated carbocycles. The molecule has 4 aromatic rings. The molecule has 8 nitrogen and oxygen atoms in total. The van der Waals surface area contributed by atoms with Crippen molar-refractivity contribution in [2.75, 3.05) is 31.2 Å². The van der Waals surface area contributed by atoms with Gasteiger partial charge in [0, 0.05) is 24.8 Å². The fourth-order valence-electron chi connectivity index (χ4n) is 3.28. The van der Waals surface area contributed by atoms with Crippen LogP contribution in [0.5, 0.6) is 0 Å². The minimum absolute atomic E-state index is 0.336. The van der Waals surface area contributed by atoms with Crippen LogP contribution in [0.3, 0.4) is 0 Å². The normalized spacial score (nSPS) is 14.7. The Hall–Kier alpha value is -3.39. The number of ether oxygens (including phenoxy) is 1. The Morgan fingerprint density at radius 1 is 1.07 bits per heavy atom. The molecule has 0 aliphatic carbocycles. The zero-order chi connectivity index (χ0) is 18.2. The van der Waals surface area contributed by atoms with E-state index in [1.54, 1.807) is 24.4 Å². The molecule has 0 radical (unpaired) electrons. The molecule has 1 saturated heterocycles. The number of benzene rings is 1. The number of nitrogens with zero attached hydrogens (tertiary/aromatic N) is 5. The first-order valence-corrected chi connectivity index (χ1v) is 8.65. The largest absolute Gasteiger partial charge is 0.432 e. The van der Waals surface area contributed by atoms with Gasteiger partial charge in [0.2, 0.25) is 5.71 Å². The summed E-state index contributed by atoms with van der Waals surface area (Å²) in [5, 5.41) is 3.84. The minimum Gasteiger partial charge on any atom is -0.432 e. The maximum absolute atomic E-state index is 10.9. The molecule has 0 spiro atoms. The van der Waals surface area contributed by atoms with Crippen molar-refractivity contribution in [3.8, 4) is 11.4 Å². The van der Waals surface area contributed by atoms with Gasteiger partial charge in [0.05, 0.1) is 18.6 Å². The van der Waals surface area contributed by atoms with Crippen molar-refractivity contribution in [2.24, 2.45) is 5.18 Å². The molecule has 0 N–H and O–H groups in total. The summed E-state index contributed by atoms with van der Waals surface area (Å²) in [5.41, 5.74) is 2.90. The number of nitroso groups, excluding NO2 is 1. The van der Waals surface area contributed by atoms with Crippen molar-refractivity contribution in [3.63, 3.8) is 0 Å². The van der Waals surface area contributed by atoms with Crippen molar-refractivity contribution in [1.29, 1.82) is 0 Å². The van der Waals surface area contributed by atoms with Gasteiger partial charge in [-0.15, -0.1) is 4.91 Å². The number of pyridine rings is 1. The number of hydrogen-bond donors (Lipinski definition) is 0. The van der Waals surface area contributed by atoms with E-state index in [0.29, 0.717) is 60.4 Å². The fraction of sp³-hybridized carbons (Fsp3) is 0.211. The van der Waals surface area contributed by atoms with Gasteiger partial charge in [0.1, 0.15) is 11.2 Å². The van der Waals surface area contributed by atoms with Crippen molar-refractivity contribution < 1.29 is 9.15 Å². The highest BCUT2D eigenvalue weighted by atomic mass is 16.5. The standard InChI is InChI=1S/C19H15N5O3/c25-23-13-4-1-3-12(11-13)17-21-15-14-5-2-6-20-19(14)27-16(15)18(22-17)24-7-9-26-10-8-24/h1-6,11H,7-10H2. The third-order valence-corrected chi connectivity index (χ3v) is 4.59. The molecule has 1 aliphatic rings. The number of anilines is 1. The Kier molecular flexibility index (Phi) is 3.75. The van der Waals surface area contributed by atoms with E-state index in [1.165, 1.54) is 0 Å². The Morgan fingerprint density at radius 2 is 1.96 bits per heavy atom. The Bertz CT molecular complexity index is 1150. The molecule has 0 atom stereocenters. The summed E-state index contributed by atoms with van der Waals surface area (Å²) >= 11 is 0. The first-order valence-electron chi connectivity index (χ1n) is 8.65. The summed E-state index contributed by atoms with van der Waals surface area (Å²) in [6.45, 7) is 2.69. The van der Waals surface area contributed by atoms with Gasteiger partial charge < -0.3 is 14.1 Å². The highest BCUT2D eigenvalue weighted by molar-refractivity contribution is 6.05. The number of morpholine rings is 1.